The standard InChI is InChI=1S/C16H25N3.HI/c1-6-11-18-15(17-5)19-12-16(3,4)14-9-7-13(2)8-10-14;/h6-10H,1,11-12H2,2-5H3,(H2,17,18,19);1H. The highest BCUT2D eigenvalue weighted by molar-refractivity contribution is 14.0. The summed E-state index contributed by atoms with van der Waals surface area (Å²) >= 11 is 0. The van der Waals surface area contributed by atoms with Crippen LogP contribution in [0.25, 0.3) is 0 Å². The number of benzene rings is 1. The normalized spacial score (nSPS) is 11.5. The van der Waals surface area contributed by atoms with Crippen molar-refractivity contribution < 1.29 is 0 Å². The van der Waals surface area contributed by atoms with Gasteiger partial charge in [0.25, 0.3) is 0 Å². The molecule has 2 N–H and O–H groups in total. The molecule has 112 valence electrons. The van der Waals surface area contributed by atoms with E-state index in [0.29, 0.717) is 6.54 Å². The molecule has 0 saturated heterocycles. The summed E-state index contributed by atoms with van der Waals surface area (Å²) in [6.45, 7) is 11.8. The summed E-state index contributed by atoms with van der Waals surface area (Å²) in [7, 11) is 1.78. The van der Waals surface area contributed by atoms with Crippen LogP contribution in [0.2, 0.25) is 0 Å². The average molecular weight is 387 g/mol. The first-order chi connectivity index (χ1) is 8.99. The number of guanidine groups is 1. The highest BCUT2D eigenvalue weighted by Gasteiger charge is 2.20. The molecule has 0 aliphatic carbocycles. The fourth-order valence-electron chi connectivity index (χ4n) is 1.80. The summed E-state index contributed by atoms with van der Waals surface area (Å²) in [6, 6.07) is 8.69. The zero-order chi connectivity index (χ0) is 14.3. The van der Waals surface area contributed by atoms with Gasteiger partial charge >= 0.3 is 0 Å². The lowest BCUT2D eigenvalue weighted by molar-refractivity contribution is 0.509. The van der Waals surface area contributed by atoms with Crippen molar-refractivity contribution in [1.82, 2.24) is 10.6 Å². The van der Waals surface area contributed by atoms with Gasteiger partial charge in [-0.1, -0.05) is 49.8 Å². The van der Waals surface area contributed by atoms with Gasteiger partial charge < -0.3 is 10.6 Å². The number of aryl methyl sites for hydroxylation is 1. The lowest BCUT2D eigenvalue weighted by atomic mass is 9.84. The maximum Gasteiger partial charge on any atom is 0.191 e. The fraction of sp³-hybridized carbons (Fsp3) is 0.438. The molecular weight excluding hydrogens is 361 g/mol. The molecule has 0 aliphatic rings. The van der Waals surface area contributed by atoms with E-state index in [-0.39, 0.29) is 29.4 Å². The molecule has 0 amide bonds. The molecule has 3 nitrogen and oxygen atoms in total. The molecule has 1 aromatic carbocycles. The minimum absolute atomic E-state index is 0. The Morgan fingerprint density at radius 2 is 1.85 bits per heavy atom. The van der Waals surface area contributed by atoms with Gasteiger partial charge in [0, 0.05) is 25.6 Å². The second kappa shape index (κ2) is 9.00. The predicted octanol–water partition coefficient (Wildman–Crippen LogP) is 3.24. The number of nitrogens with one attached hydrogen (secondary N) is 2. The number of halogens is 1. The number of hydrogen-bond donors (Lipinski definition) is 2. The molecule has 0 radical (unpaired) electrons. The lowest BCUT2D eigenvalue weighted by Crippen LogP contribution is -2.43. The zero-order valence-corrected chi connectivity index (χ0v) is 15.2. The molecule has 1 aromatic rings. The second-order valence-electron chi connectivity index (χ2n) is 5.35. The maximum atomic E-state index is 4.18. The van der Waals surface area contributed by atoms with Gasteiger partial charge in [-0.2, -0.15) is 0 Å². The minimum Gasteiger partial charge on any atom is -0.356 e. The van der Waals surface area contributed by atoms with Gasteiger partial charge in [0.05, 0.1) is 0 Å². The lowest BCUT2D eigenvalue weighted by Gasteiger charge is -2.26. The number of hydrogen-bond acceptors (Lipinski definition) is 1. The molecule has 4 heteroatoms. The molecule has 0 aliphatic heterocycles. The first-order valence-electron chi connectivity index (χ1n) is 6.62. The van der Waals surface area contributed by atoms with Crippen molar-refractivity contribution >= 4 is 29.9 Å². The highest BCUT2D eigenvalue weighted by atomic mass is 127. The van der Waals surface area contributed by atoms with Gasteiger partial charge in [-0.15, -0.1) is 30.6 Å². The van der Waals surface area contributed by atoms with Crippen LogP contribution in [0.5, 0.6) is 0 Å². The van der Waals surface area contributed by atoms with Gasteiger partial charge in [-0.3, -0.25) is 4.99 Å². The van der Waals surface area contributed by atoms with Crippen LogP contribution in [0.15, 0.2) is 41.9 Å². The van der Waals surface area contributed by atoms with Crippen LogP contribution in [0.4, 0.5) is 0 Å². The summed E-state index contributed by atoms with van der Waals surface area (Å²) in [5.41, 5.74) is 2.67. The first kappa shape index (κ1) is 19.0. The van der Waals surface area contributed by atoms with Crippen LogP contribution in [0, 0.1) is 6.92 Å². The Kier molecular flexibility index (Phi) is 8.53. The molecule has 20 heavy (non-hydrogen) atoms. The smallest absolute Gasteiger partial charge is 0.191 e. The van der Waals surface area contributed by atoms with Crippen molar-refractivity contribution in [2.24, 2.45) is 4.99 Å². The number of aliphatic imine (C=N–C) groups is 1. The van der Waals surface area contributed by atoms with Crippen LogP contribution < -0.4 is 10.6 Å². The van der Waals surface area contributed by atoms with E-state index in [1.165, 1.54) is 11.1 Å². The van der Waals surface area contributed by atoms with Gasteiger partial charge in [-0.25, -0.2) is 0 Å². The Hall–Kier alpha value is -1.04. The summed E-state index contributed by atoms with van der Waals surface area (Å²) in [5, 5.41) is 6.52. The van der Waals surface area contributed by atoms with Crippen LogP contribution in [0.3, 0.4) is 0 Å². The van der Waals surface area contributed by atoms with Gasteiger partial charge in [0.2, 0.25) is 0 Å². The molecule has 1 rings (SSSR count). The summed E-state index contributed by atoms with van der Waals surface area (Å²) in [6.07, 6.45) is 1.82. The molecular formula is C16H26IN3. The molecule has 0 fully saturated rings. The molecule has 0 spiro atoms. The summed E-state index contributed by atoms with van der Waals surface area (Å²) in [5.74, 6) is 0.806. The van der Waals surface area contributed by atoms with Gasteiger partial charge in [0.15, 0.2) is 5.96 Å². The fourth-order valence-corrected chi connectivity index (χ4v) is 1.80. The second-order valence-corrected chi connectivity index (χ2v) is 5.35. The molecule has 0 heterocycles. The average Bonchev–Trinajstić information content (AvgIpc) is 2.39. The van der Waals surface area contributed by atoms with E-state index in [4.69, 9.17) is 0 Å². The van der Waals surface area contributed by atoms with Crippen molar-refractivity contribution in [3.63, 3.8) is 0 Å². The Balaban J connectivity index is 0.00000361. The topological polar surface area (TPSA) is 36.4 Å². The van der Waals surface area contributed by atoms with Crippen molar-refractivity contribution in [3.8, 4) is 0 Å². The minimum atomic E-state index is 0. The van der Waals surface area contributed by atoms with E-state index in [9.17, 15) is 0 Å². The van der Waals surface area contributed by atoms with Crippen LogP contribution >= 0.6 is 24.0 Å². The Morgan fingerprint density at radius 3 is 2.35 bits per heavy atom. The zero-order valence-electron chi connectivity index (χ0n) is 12.9. The van der Waals surface area contributed by atoms with Crippen molar-refractivity contribution in [1.29, 1.82) is 0 Å². The highest BCUT2D eigenvalue weighted by Crippen LogP contribution is 2.22. The predicted molar refractivity (Wildman–Crippen MR) is 99.2 cm³/mol. The molecule has 0 atom stereocenters. The number of rotatable bonds is 5. The Bertz CT molecular complexity index is 436. The van der Waals surface area contributed by atoms with Crippen molar-refractivity contribution in [3.05, 3.63) is 48.0 Å². The van der Waals surface area contributed by atoms with Crippen LogP contribution in [0.1, 0.15) is 25.0 Å². The third-order valence-corrected chi connectivity index (χ3v) is 3.17. The molecule has 0 aromatic heterocycles. The third-order valence-electron chi connectivity index (χ3n) is 3.17. The third kappa shape index (κ3) is 5.94. The quantitative estimate of drug-likeness (QED) is 0.352. The van der Waals surface area contributed by atoms with Crippen LogP contribution in [-0.2, 0) is 5.41 Å². The Morgan fingerprint density at radius 1 is 1.25 bits per heavy atom. The molecule has 0 saturated carbocycles. The first-order valence-corrected chi connectivity index (χ1v) is 6.62. The summed E-state index contributed by atoms with van der Waals surface area (Å²) < 4.78 is 0. The van der Waals surface area contributed by atoms with E-state index in [2.05, 4.69) is 67.2 Å². The monoisotopic (exact) mass is 387 g/mol. The van der Waals surface area contributed by atoms with E-state index < -0.39 is 0 Å². The SMILES string of the molecule is C=CCNC(=NC)NCC(C)(C)c1ccc(C)cc1.I. The summed E-state index contributed by atoms with van der Waals surface area (Å²) in [4.78, 5) is 4.18. The molecule has 0 unspecified atom stereocenters. The van der Waals surface area contributed by atoms with Crippen LogP contribution in [-0.4, -0.2) is 26.1 Å². The van der Waals surface area contributed by atoms with Gasteiger partial charge in [0.1, 0.15) is 0 Å². The van der Waals surface area contributed by atoms with E-state index in [1.807, 2.05) is 6.08 Å². The van der Waals surface area contributed by atoms with Crippen molar-refractivity contribution in [2.45, 2.75) is 26.2 Å². The Labute approximate surface area is 140 Å². The van der Waals surface area contributed by atoms with Gasteiger partial charge in [-0.05, 0) is 12.5 Å². The van der Waals surface area contributed by atoms with Crippen molar-refractivity contribution in [2.75, 3.05) is 20.1 Å². The van der Waals surface area contributed by atoms with E-state index >= 15 is 0 Å². The maximum absolute atomic E-state index is 4.18. The van der Waals surface area contributed by atoms with E-state index in [1.54, 1.807) is 7.05 Å². The van der Waals surface area contributed by atoms with E-state index in [0.717, 1.165) is 12.5 Å². The molecule has 0 bridgehead atoms. The largest absolute Gasteiger partial charge is 0.356 e. The number of nitrogens with zero attached hydrogens (tertiary/aromatic N) is 1.